The maximum atomic E-state index is 12.2. The van der Waals surface area contributed by atoms with Gasteiger partial charge in [-0.15, -0.1) is 0 Å². The fraction of sp³-hybridized carbons (Fsp3) is 0.650. The first kappa shape index (κ1) is 21.1. The van der Waals surface area contributed by atoms with Crippen molar-refractivity contribution >= 4 is 15.7 Å². The average molecular weight is 410 g/mol. The molecule has 0 radical (unpaired) electrons. The number of rotatable bonds is 7. The van der Waals surface area contributed by atoms with Crippen LogP contribution in [0.25, 0.3) is 0 Å². The monoisotopic (exact) mass is 409 g/mol. The molecule has 8 heteroatoms. The molecule has 2 aliphatic rings. The Morgan fingerprint density at radius 1 is 1.14 bits per heavy atom. The lowest BCUT2D eigenvalue weighted by Gasteiger charge is -2.34. The molecule has 1 amide bonds. The van der Waals surface area contributed by atoms with Gasteiger partial charge in [-0.05, 0) is 31.4 Å². The van der Waals surface area contributed by atoms with Crippen LogP contribution in [0.1, 0.15) is 17.5 Å². The second-order valence-corrected chi connectivity index (χ2v) is 10.1. The van der Waals surface area contributed by atoms with E-state index < -0.39 is 9.84 Å². The molecule has 1 atom stereocenters. The number of aryl methyl sites for hydroxylation is 2. The highest BCUT2D eigenvalue weighted by molar-refractivity contribution is 7.91. The number of benzene rings is 1. The summed E-state index contributed by atoms with van der Waals surface area (Å²) < 4.78 is 29.0. The number of piperazine rings is 1. The van der Waals surface area contributed by atoms with E-state index >= 15 is 0 Å². The van der Waals surface area contributed by atoms with Gasteiger partial charge < -0.3 is 10.1 Å². The van der Waals surface area contributed by atoms with Crippen LogP contribution in [0.2, 0.25) is 0 Å². The summed E-state index contributed by atoms with van der Waals surface area (Å²) in [7, 11) is -2.96. The van der Waals surface area contributed by atoms with E-state index in [4.69, 9.17) is 4.74 Å². The Kier molecular flexibility index (Phi) is 6.95. The van der Waals surface area contributed by atoms with Crippen molar-refractivity contribution in [2.45, 2.75) is 26.3 Å². The Balaban J connectivity index is 1.34. The zero-order valence-electron chi connectivity index (χ0n) is 16.8. The van der Waals surface area contributed by atoms with Gasteiger partial charge in [0.25, 0.3) is 0 Å². The van der Waals surface area contributed by atoms with Gasteiger partial charge in [0.1, 0.15) is 12.4 Å². The van der Waals surface area contributed by atoms with E-state index in [0.29, 0.717) is 19.6 Å². The van der Waals surface area contributed by atoms with Crippen LogP contribution in [-0.2, 0) is 14.6 Å². The Hall–Kier alpha value is -1.64. The molecule has 0 aromatic heterocycles. The van der Waals surface area contributed by atoms with Crippen LogP contribution >= 0.6 is 0 Å². The molecule has 3 rings (SSSR count). The fourth-order valence-electron chi connectivity index (χ4n) is 3.86. The summed E-state index contributed by atoms with van der Waals surface area (Å²) in [5.74, 6) is 1.16. The van der Waals surface area contributed by atoms with E-state index in [1.54, 1.807) is 0 Å². The van der Waals surface area contributed by atoms with Gasteiger partial charge in [0.05, 0.1) is 18.1 Å². The molecule has 2 aliphatic heterocycles. The third-order valence-corrected chi connectivity index (χ3v) is 7.26. The minimum atomic E-state index is -2.96. The van der Waals surface area contributed by atoms with Gasteiger partial charge in [-0.25, -0.2) is 8.42 Å². The first-order chi connectivity index (χ1) is 13.3. The quantitative estimate of drug-likeness (QED) is 0.711. The van der Waals surface area contributed by atoms with Crippen LogP contribution in [0.5, 0.6) is 5.75 Å². The number of carbonyl (C=O) groups excluding carboxylic acids is 1. The third-order valence-electron chi connectivity index (χ3n) is 5.49. The molecule has 0 saturated carbocycles. The second-order valence-electron chi connectivity index (χ2n) is 7.85. The SMILES string of the molecule is Cc1cccc(C)c1OCCN1CCN(CC(=O)N[C@H]2CCS(=O)(=O)C2)CC1. The van der Waals surface area contributed by atoms with Gasteiger partial charge in [-0.3, -0.25) is 14.6 Å². The fourth-order valence-corrected chi connectivity index (χ4v) is 5.53. The first-order valence-electron chi connectivity index (χ1n) is 9.96. The molecule has 7 nitrogen and oxygen atoms in total. The molecule has 2 fully saturated rings. The number of sulfone groups is 1. The standard InChI is InChI=1S/C20H31N3O4S/c1-16-4-3-5-17(2)20(16)27-12-11-22-7-9-23(10-8-22)14-19(24)21-18-6-13-28(25,26)15-18/h3-5,18H,6-15H2,1-2H3,(H,21,24)/t18-/m0/s1. The van der Waals surface area contributed by atoms with Crippen LogP contribution in [0.4, 0.5) is 0 Å². The predicted molar refractivity (Wildman–Crippen MR) is 109 cm³/mol. The van der Waals surface area contributed by atoms with Crippen molar-refractivity contribution < 1.29 is 17.9 Å². The normalized spacial score (nSPS) is 22.9. The van der Waals surface area contributed by atoms with Crippen molar-refractivity contribution in [1.82, 2.24) is 15.1 Å². The maximum absolute atomic E-state index is 12.2. The zero-order chi connectivity index (χ0) is 20.1. The van der Waals surface area contributed by atoms with Crippen molar-refractivity contribution in [3.63, 3.8) is 0 Å². The molecule has 0 aliphatic carbocycles. The predicted octanol–water partition coefficient (Wildman–Crippen LogP) is 0.603. The first-order valence-corrected chi connectivity index (χ1v) is 11.8. The molecule has 2 heterocycles. The molecule has 1 aromatic carbocycles. The molecule has 28 heavy (non-hydrogen) atoms. The number of para-hydroxylation sites is 1. The summed E-state index contributed by atoms with van der Waals surface area (Å²) in [6, 6.07) is 5.94. The topological polar surface area (TPSA) is 79.0 Å². The second kappa shape index (κ2) is 9.24. The number of amides is 1. The Labute approximate surface area is 167 Å². The Morgan fingerprint density at radius 2 is 1.79 bits per heavy atom. The summed E-state index contributed by atoms with van der Waals surface area (Å²) in [4.78, 5) is 16.7. The van der Waals surface area contributed by atoms with Gasteiger partial charge in [0.2, 0.25) is 5.91 Å². The summed E-state index contributed by atoms with van der Waals surface area (Å²) >= 11 is 0. The highest BCUT2D eigenvalue weighted by Gasteiger charge is 2.29. The molecule has 2 saturated heterocycles. The highest BCUT2D eigenvalue weighted by atomic mass is 32.2. The molecular weight excluding hydrogens is 378 g/mol. The van der Waals surface area contributed by atoms with Crippen molar-refractivity contribution in [1.29, 1.82) is 0 Å². The molecule has 0 unspecified atom stereocenters. The van der Waals surface area contributed by atoms with E-state index in [2.05, 4.69) is 41.1 Å². The number of ether oxygens (including phenoxy) is 1. The number of hydrogen-bond acceptors (Lipinski definition) is 6. The van der Waals surface area contributed by atoms with Gasteiger partial charge in [-0.1, -0.05) is 18.2 Å². The lowest BCUT2D eigenvalue weighted by atomic mass is 10.1. The van der Waals surface area contributed by atoms with Crippen molar-refractivity contribution in [2.75, 3.05) is 57.4 Å². The minimum absolute atomic E-state index is 0.0751. The zero-order valence-corrected chi connectivity index (χ0v) is 17.6. The summed E-state index contributed by atoms with van der Waals surface area (Å²) in [5, 5.41) is 2.86. The molecule has 156 valence electrons. The minimum Gasteiger partial charge on any atom is -0.492 e. The van der Waals surface area contributed by atoms with Gasteiger partial charge >= 0.3 is 0 Å². The van der Waals surface area contributed by atoms with E-state index in [9.17, 15) is 13.2 Å². The summed E-state index contributed by atoms with van der Waals surface area (Å²) in [6.07, 6.45) is 0.530. The Bertz CT molecular complexity index is 768. The van der Waals surface area contributed by atoms with Gasteiger partial charge in [0, 0.05) is 38.8 Å². The molecule has 0 spiro atoms. The lowest BCUT2D eigenvalue weighted by molar-refractivity contribution is -0.123. The Morgan fingerprint density at radius 3 is 2.39 bits per heavy atom. The highest BCUT2D eigenvalue weighted by Crippen LogP contribution is 2.22. The largest absolute Gasteiger partial charge is 0.492 e. The number of carbonyl (C=O) groups is 1. The number of nitrogens with one attached hydrogen (secondary N) is 1. The van der Waals surface area contributed by atoms with Crippen molar-refractivity contribution in [2.24, 2.45) is 0 Å². The van der Waals surface area contributed by atoms with Crippen LogP contribution in [0, 0.1) is 13.8 Å². The van der Waals surface area contributed by atoms with Crippen LogP contribution < -0.4 is 10.1 Å². The average Bonchev–Trinajstić information content (AvgIpc) is 2.97. The number of nitrogens with zero attached hydrogens (tertiary/aromatic N) is 2. The maximum Gasteiger partial charge on any atom is 0.234 e. The van der Waals surface area contributed by atoms with E-state index in [0.717, 1.165) is 49.6 Å². The summed E-state index contributed by atoms with van der Waals surface area (Å²) in [5.41, 5.74) is 2.32. The molecule has 1 aromatic rings. The lowest BCUT2D eigenvalue weighted by Crippen LogP contribution is -2.51. The van der Waals surface area contributed by atoms with Crippen molar-refractivity contribution in [3.05, 3.63) is 29.3 Å². The third kappa shape index (κ3) is 5.93. The van der Waals surface area contributed by atoms with E-state index in [1.807, 2.05) is 6.07 Å². The van der Waals surface area contributed by atoms with Crippen LogP contribution in [-0.4, -0.2) is 87.5 Å². The smallest absolute Gasteiger partial charge is 0.234 e. The molecular formula is C20H31N3O4S. The van der Waals surface area contributed by atoms with Crippen LogP contribution in [0.3, 0.4) is 0 Å². The van der Waals surface area contributed by atoms with E-state index in [-0.39, 0.29) is 23.5 Å². The molecule has 1 N–H and O–H groups in total. The van der Waals surface area contributed by atoms with Crippen molar-refractivity contribution in [3.8, 4) is 5.75 Å². The number of hydrogen-bond donors (Lipinski definition) is 1. The van der Waals surface area contributed by atoms with Gasteiger partial charge in [0.15, 0.2) is 9.84 Å². The summed E-state index contributed by atoms with van der Waals surface area (Å²) in [6.45, 7) is 9.46. The van der Waals surface area contributed by atoms with E-state index in [1.165, 1.54) is 0 Å². The van der Waals surface area contributed by atoms with Crippen LogP contribution in [0.15, 0.2) is 18.2 Å². The van der Waals surface area contributed by atoms with Gasteiger partial charge in [-0.2, -0.15) is 0 Å². The molecule has 0 bridgehead atoms.